The van der Waals surface area contributed by atoms with Gasteiger partial charge in [-0.05, 0) is 47.6 Å². The number of halogens is 2. The van der Waals surface area contributed by atoms with Gasteiger partial charge in [0.05, 0.1) is 0 Å². The van der Waals surface area contributed by atoms with Crippen LogP contribution in [0.4, 0.5) is 0 Å². The van der Waals surface area contributed by atoms with Crippen molar-refractivity contribution in [1.82, 2.24) is 5.32 Å². The van der Waals surface area contributed by atoms with Crippen molar-refractivity contribution in [2.75, 3.05) is 5.33 Å². The minimum absolute atomic E-state index is 0.0113. The van der Waals surface area contributed by atoms with E-state index in [9.17, 15) is 4.79 Å². The topological polar surface area (TPSA) is 29.1 Å². The molecule has 1 rings (SSSR count). The molecule has 0 radical (unpaired) electrons. The van der Waals surface area contributed by atoms with Gasteiger partial charge < -0.3 is 5.32 Å². The summed E-state index contributed by atoms with van der Waals surface area (Å²) < 4.78 is 0.861. The third-order valence-electron chi connectivity index (χ3n) is 1.99. The van der Waals surface area contributed by atoms with Crippen LogP contribution < -0.4 is 5.32 Å². The zero-order chi connectivity index (χ0) is 11.5. The van der Waals surface area contributed by atoms with Gasteiger partial charge in [0.2, 0.25) is 0 Å². The zero-order valence-electron chi connectivity index (χ0n) is 8.64. The van der Waals surface area contributed by atoms with E-state index in [-0.39, 0.29) is 11.4 Å². The van der Waals surface area contributed by atoms with Crippen LogP contribution in [-0.2, 0) is 0 Å². The molecule has 0 unspecified atom stereocenters. The molecule has 0 bridgehead atoms. The minimum Gasteiger partial charge on any atom is -0.346 e. The normalized spacial score (nSPS) is 11.5. The lowest BCUT2D eigenvalue weighted by molar-refractivity contribution is 0.0915. The lowest BCUT2D eigenvalue weighted by Crippen LogP contribution is -2.43. The number of amides is 1. The van der Waals surface area contributed by atoms with Crippen LogP contribution in [0.15, 0.2) is 15.9 Å². The first-order valence-corrected chi connectivity index (χ1v) is 7.37. The first-order chi connectivity index (χ1) is 6.96. The molecule has 0 aliphatic carbocycles. The first kappa shape index (κ1) is 13.2. The lowest BCUT2D eigenvalue weighted by atomic mass is 10.0. The fourth-order valence-electron chi connectivity index (χ4n) is 1.12. The van der Waals surface area contributed by atoms with Crippen LogP contribution in [0.3, 0.4) is 0 Å². The molecule has 1 aromatic heterocycles. The number of nitrogens with one attached hydrogen (secondary N) is 1. The van der Waals surface area contributed by atoms with Gasteiger partial charge in [-0.25, -0.2) is 0 Å². The molecular formula is C10H13Br2NOS. The van der Waals surface area contributed by atoms with Crippen LogP contribution >= 0.6 is 43.2 Å². The highest BCUT2D eigenvalue weighted by molar-refractivity contribution is 9.10. The molecule has 0 aliphatic rings. The van der Waals surface area contributed by atoms with Gasteiger partial charge in [0.1, 0.15) is 4.88 Å². The third kappa shape index (κ3) is 3.89. The fourth-order valence-corrected chi connectivity index (χ4v) is 3.56. The second-order valence-corrected chi connectivity index (χ2v) is 6.44. The number of carbonyl (C=O) groups is 1. The van der Waals surface area contributed by atoms with E-state index in [0.29, 0.717) is 0 Å². The van der Waals surface area contributed by atoms with Crippen LogP contribution in [-0.4, -0.2) is 16.8 Å². The standard InChI is InChI=1S/C10H13Br2NOS/c1-10(2,4-5-11)13-9(14)8-7(12)3-6-15-8/h3,6H,4-5H2,1-2H3,(H,13,14). The Bertz CT molecular complexity index is 349. The molecule has 2 nitrogen and oxygen atoms in total. The number of hydrogen-bond acceptors (Lipinski definition) is 2. The lowest BCUT2D eigenvalue weighted by Gasteiger charge is -2.25. The summed E-state index contributed by atoms with van der Waals surface area (Å²) in [6.07, 6.45) is 0.904. The molecule has 0 aliphatic heterocycles. The van der Waals surface area contributed by atoms with Crippen LogP contribution in [0.1, 0.15) is 29.9 Å². The second-order valence-electron chi connectivity index (χ2n) is 3.87. The molecule has 0 fully saturated rings. The monoisotopic (exact) mass is 353 g/mol. The highest BCUT2D eigenvalue weighted by atomic mass is 79.9. The van der Waals surface area contributed by atoms with Crippen molar-refractivity contribution in [3.05, 3.63) is 20.8 Å². The Labute approximate surface area is 111 Å². The first-order valence-electron chi connectivity index (χ1n) is 4.58. The van der Waals surface area contributed by atoms with Crippen LogP contribution in [0.25, 0.3) is 0 Å². The van der Waals surface area contributed by atoms with Crippen molar-refractivity contribution in [2.24, 2.45) is 0 Å². The smallest absolute Gasteiger partial charge is 0.262 e. The Balaban J connectivity index is 2.68. The predicted molar refractivity (Wildman–Crippen MR) is 72.0 cm³/mol. The van der Waals surface area contributed by atoms with E-state index >= 15 is 0 Å². The van der Waals surface area contributed by atoms with Crippen molar-refractivity contribution in [1.29, 1.82) is 0 Å². The molecule has 1 heterocycles. The third-order valence-corrected chi connectivity index (χ3v) is 4.23. The van der Waals surface area contributed by atoms with Crippen molar-refractivity contribution in [3.63, 3.8) is 0 Å². The van der Waals surface area contributed by atoms with Gasteiger partial charge in [0, 0.05) is 15.3 Å². The minimum atomic E-state index is -0.177. The number of carbonyl (C=O) groups excluding carboxylic acids is 1. The molecule has 0 saturated carbocycles. The zero-order valence-corrected chi connectivity index (χ0v) is 12.6. The van der Waals surface area contributed by atoms with Gasteiger partial charge in [-0.15, -0.1) is 11.3 Å². The second kappa shape index (κ2) is 5.46. The molecule has 0 saturated heterocycles. The van der Waals surface area contributed by atoms with Crippen LogP contribution in [0.2, 0.25) is 0 Å². The number of hydrogen-bond donors (Lipinski definition) is 1. The van der Waals surface area contributed by atoms with Crippen molar-refractivity contribution in [2.45, 2.75) is 25.8 Å². The summed E-state index contributed by atoms with van der Waals surface area (Å²) in [6, 6.07) is 1.89. The van der Waals surface area contributed by atoms with E-state index in [1.165, 1.54) is 11.3 Å². The predicted octanol–water partition coefficient (Wildman–Crippen LogP) is 3.80. The van der Waals surface area contributed by atoms with Crippen molar-refractivity contribution in [3.8, 4) is 0 Å². The molecule has 5 heteroatoms. The summed E-state index contributed by atoms with van der Waals surface area (Å²) >= 11 is 8.18. The molecule has 84 valence electrons. The summed E-state index contributed by atoms with van der Waals surface area (Å²) in [6.45, 7) is 4.04. The quantitative estimate of drug-likeness (QED) is 0.818. The summed E-state index contributed by atoms with van der Waals surface area (Å²) in [5.41, 5.74) is -0.177. The Hall–Kier alpha value is 0.130. The Morgan fingerprint density at radius 2 is 2.27 bits per heavy atom. The molecule has 0 atom stereocenters. The maximum atomic E-state index is 11.9. The molecule has 1 aromatic rings. The van der Waals surface area contributed by atoms with Gasteiger partial charge in [0.15, 0.2) is 0 Å². The average molecular weight is 355 g/mol. The van der Waals surface area contributed by atoms with Crippen LogP contribution in [0.5, 0.6) is 0 Å². The average Bonchev–Trinajstić information content (AvgIpc) is 2.50. The van der Waals surface area contributed by atoms with Gasteiger partial charge in [-0.1, -0.05) is 15.9 Å². The van der Waals surface area contributed by atoms with E-state index < -0.39 is 0 Å². The number of thiophene rings is 1. The Morgan fingerprint density at radius 3 is 2.73 bits per heavy atom. The largest absolute Gasteiger partial charge is 0.346 e. The SMILES string of the molecule is CC(C)(CCBr)NC(=O)c1sccc1Br. The molecule has 1 N–H and O–H groups in total. The van der Waals surface area contributed by atoms with E-state index in [4.69, 9.17) is 0 Å². The molecular weight excluding hydrogens is 342 g/mol. The number of rotatable bonds is 4. The molecule has 15 heavy (non-hydrogen) atoms. The van der Waals surface area contributed by atoms with Crippen molar-refractivity contribution >= 4 is 49.1 Å². The highest BCUT2D eigenvalue weighted by Gasteiger charge is 2.22. The number of alkyl halides is 1. The highest BCUT2D eigenvalue weighted by Crippen LogP contribution is 2.23. The van der Waals surface area contributed by atoms with Crippen molar-refractivity contribution < 1.29 is 4.79 Å². The van der Waals surface area contributed by atoms with E-state index in [1.807, 2.05) is 25.3 Å². The summed E-state index contributed by atoms with van der Waals surface area (Å²) in [5.74, 6) is -0.0113. The maximum Gasteiger partial charge on any atom is 0.262 e. The Morgan fingerprint density at radius 1 is 1.60 bits per heavy atom. The maximum absolute atomic E-state index is 11.9. The van der Waals surface area contributed by atoms with E-state index in [0.717, 1.165) is 21.1 Å². The van der Waals surface area contributed by atoms with Gasteiger partial charge in [-0.2, -0.15) is 0 Å². The Kier molecular flexibility index (Phi) is 4.80. The molecule has 1 amide bonds. The summed E-state index contributed by atoms with van der Waals surface area (Å²) in [7, 11) is 0. The fraction of sp³-hybridized carbons (Fsp3) is 0.500. The molecule has 0 aromatic carbocycles. The van der Waals surface area contributed by atoms with E-state index in [2.05, 4.69) is 37.2 Å². The summed E-state index contributed by atoms with van der Waals surface area (Å²) in [4.78, 5) is 12.6. The van der Waals surface area contributed by atoms with Gasteiger partial charge in [-0.3, -0.25) is 4.79 Å². The summed E-state index contributed by atoms with van der Waals surface area (Å²) in [5, 5.41) is 5.79. The van der Waals surface area contributed by atoms with E-state index in [1.54, 1.807) is 0 Å². The van der Waals surface area contributed by atoms with Crippen LogP contribution in [0, 0.1) is 0 Å². The van der Waals surface area contributed by atoms with Gasteiger partial charge >= 0.3 is 0 Å². The molecule has 0 spiro atoms. The van der Waals surface area contributed by atoms with Gasteiger partial charge in [0.25, 0.3) is 5.91 Å².